The second-order valence-corrected chi connectivity index (χ2v) is 15.6. The molecule has 1 aliphatic carbocycles. The van der Waals surface area contributed by atoms with Gasteiger partial charge in [0.05, 0.1) is 12.1 Å². The Bertz CT molecular complexity index is 2100. The number of carbonyl (C=O) groups is 2. The summed E-state index contributed by atoms with van der Waals surface area (Å²) in [5, 5.41) is 9.45. The Labute approximate surface area is 322 Å². The van der Waals surface area contributed by atoms with Crippen LogP contribution >= 0.6 is 0 Å². The second-order valence-electron chi connectivity index (χ2n) is 15.6. The van der Waals surface area contributed by atoms with Crippen molar-refractivity contribution in [2.45, 2.75) is 75.9 Å². The molecule has 1 unspecified atom stereocenters. The highest BCUT2D eigenvalue weighted by atomic mass is 16.2. The average Bonchev–Trinajstić information content (AvgIpc) is 3.87. The minimum atomic E-state index is -0.226. The fourth-order valence-electron chi connectivity index (χ4n) is 8.98. The van der Waals surface area contributed by atoms with Gasteiger partial charge in [-0.05, 0) is 79.6 Å². The SMILES string of the molecule is O=C1CCC(c2ccc(CN3CCN(C4CCN(c5ccc(Nc6ncc7nc(Nc8ccccc8)n(C8CCCC8)c7n6)cc5)CC4)CC3)cc2)C(=O)N1. The molecule has 3 aliphatic heterocycles. The van der Waals surface area contributed by atoms with Gasteiger partial charge in [-0.25, -0.2) is 9.97 Å². The molecule has 9 rings (SSSR count). The number of benzene rings is 3. The number of nitrogens with one attached hydrogen (secondary N) is 3. The van der Waals surface area contributed by atoms with E-state index >= 15 is 0 Å². The predicted molar refractivity (Wildman–Crippen MR) is 216 cm³/mol. The molecular weight excluding hydrogens is 689 g/mol. The third-order valence-electron chi connectivity index (χ3n) is 12.1. The largest absolute Gasteiger partial charge is 0.371 e. The third-order valence-corrected chi connectivity index (χ3v) is 12.1. The van der Waals surface area contributed by atoms with E-state index in [-0.39, 0.29) is 17.7 Å². The van der Waals surface area contributed by atoms with Crippen LogP contribution in [0.2, 0.25) is 0 Å². The first-order valence-electron chi connectivity index (χ1n) is 20.1. The fourth-order valence-corrected chi connectivity index (χ4v) is 8.98. The van der Waals surface area contributed by atoms with Crippen LogP contribution in [0.5, 0.6) is 0 Å². The Hall–Kier alpha value is -5.33. The van der Waals surface area contributed by atoms with Crippen LogP contribution in [0.3, 0.4) is 0 Å². The Morgan fingerprint density at radius 3 is 2.16 bits per heavy atom. The topological polar surface area (TPSA) is 124 Å². The van der Waals surface area contributed by atoms with Gasteiger partial charge in [-0.15, -0.1) is 0 Å². The van der Waals surface area contributed by atoms with Crippen molar-refractivity contribution in [3.63, 3.8) is 0 Å². The van der Waals surface area contributed by atoms with E-state index in [0.717, 1.165) is 92.7 Å². The second kappa shape index (κ2) is 15.8. The van der Waals surface area contributed by atoms with Crippen LogP contribution in [0.15, 0.2) is 85.1 Å². The van der Waals surface area contributed by atoms with E-state index in [1.54, 1.807) is 0 Å². The number of imide groups is 1. The summed E-state index contributed by atoms with van der Waals surface area (Å²) in [6, 6.07) is 28.3. The molecule has 3 aromatic carbocycles. The number of aromatic nitrogens is 4. The Balaban J connectivity index is 0.762. The molecule has 2 aromatic heterocycles. The van der Waals surface area contributed by atoms with Crippen molar-refractivity contribution in [1.82, 2.24) is 34.6 Å². The van der Waals surface area contributed by atoms with Crippen LogP contribution in [-0.4, -0.2) is 86.4 Å². The quantitative estimate of drug-likeness (QED) is 0.133. The lowest BCUT2D eigenvalue weighted by atomic mass is 9.90. The first-order chi connectivity index (χ1) is 27.0. The van der Waals surface area contributed by atoms with Gasteiger partial charge >= 0.3 is 0 Å². The molecule has 2 amide bonds. The molecule has 0 radical (unpaired) electrons. The number of anilines is 5. The van der Waals surface area contributed by atoms with Gasteiger partial charge in [0.15, 0.2) is 5.65 Å². The number of piperidine rings is 2. The molecule has 4 fully saturated rings. The van der Waals surface area contributed by atoms with E-state index in [4.69, 9.17) is 9.97 Å². The first kappa shape index (κ1) is 35.4. The molecule has 0 bridgehead atoms. The van der Waals surface area contributed by atoms with Crippen LogP contribution in [0.1, 0.15) is 74.5 Å². The van der Waals surface area contributed by atoms with Crippen LogP contribution in [0, 0.1) is 0 Å². The van der Waals surface area contributed by atoms with Crippen LogP contribution < -0.4 is 20.9 Å². The van der Waals surface area contributed by atoms with Crippen molar-refractivity contribution in [3.8, 4) is 0 Å². The van der Waals surface area contributed by atoms with Gasteiger partial charge in [0, 0.05) is 81.4 Å². The molecule has 284 valence electrons. The lowest BCUT2D eigenvalue weighted by molar-refractivity contribution is -0.134. The normalized spacial score (nSPS) is 20.6. The van der Waals surface area contributed by atoms with E-state index in [0.29, 0.717) is 30.9 Å². The van der Waals surface area contributed by atoms with Crippen molar-refractivity contribution in [1.29, 1.82) is 0 Å². The summed E-state index contributed by atoms with van der Waals surface area (Å²) in [5.41, 5.74) is 7.16. The highest BCUT2D eigenvalue weighted by molar-refractivity contribution is 6.00. The number of piperazine rings is 1. The molecule has 0 spiro atoms. The van der Waals surface area contributed by atoms with Crippen molar-refractivity contribution < 1.29 is 9.59 Å². The number of imidazole rings is 1. The van der Waals surface area contributed by atoms with Crippen LogP contribution in [0.4, 0.5) is 29.0 Å². The summed E-state index contributed by atoms with van der Waals surface area (Å²) in [5.74, 6) is 0.831. The molecule has 12 heteroatoms. The maximum Gasteiger partial charge on any atom is 0.234 e. The van der Waals surface area contributed by atoms with Gasteiger partial charge in [0.1, 0.15) is 5.52 Å². The highest BCUT2D eigenvalue weighted by Crippen LogP contribution is 2.36. The van der Waals surface area contributed by atoms with Crippen molar-refractivity contribution >= 4 is 51.9 Å². The van der Waals surface area contributed by atoms with E-state index in [1.807, 2.05) is 24.4 Å². The van der Waals surface area contributed by atoms with Gasteiger partial charge in [0.2, 0.25) is 23.7 Å². The van der Waals surface area contributed by atoms with Crippen LogP contribution in [0.25, 0.3) is 11.2 Å². The van der Waals surface area contributed by atoms with Crippen molar-refractivity contribution in [2.24, 2.45) is 0 Å². The minimum absolute atomic E-state index is 0.169. The summed E-state index contributed by atoms with van der Waals surface area (Å²) in [7, 11) is 0. The molecule has 4 aliphatic rings. The summed E-state index contributed by atoms with van der Waals surface area (Å²) in [6.07, 6.45) is 9.88. The summed E-state index contributed by atoms with van der Waals surface area (Å²) in [4.78, 5) is 46.1. The van der Waals surface area contributed by atoms with E-state index < -0.39 is 0 Å². The molecule has 5 aromatic rings. The molecule has 5 heterocycles. The number of nitrogens with zero attached hydrogens (tertiary/aromatic N) is 7. The van der Waals surface area contributed by atoms with E-state index in [1.165, 1.54) is 36.9 Å². The average molecular weight is 739 g/mol. The number of carbonyl (C=O) groups excluding carboxylic acids is 2. The fraction of sp³-hybridized carbons (Fsp3) is 0.419. The Morgan fingerprint density at radius 1 is 0.709 bits per heavy atom. The maximum absolute atomic E-state index is 12.3. The zero-order valence-electron chi connectivity index (χ0n) is 31.4. The summed E-state index contributed by atoms with van der Waals surface area (Å²) in [6.45, 7) is 7.36. The number of hydrogen-bond acceptors (Lipinski definition) is 10. The monoisotopic (exact) mass is 738 g/mol. The molecule has 3 saturated heterocycles. The Kier molecular flexibility index (Phi) is 10.2. The van der Waals surface area contributed by atoms with Gasteiger partial charge in [-0.1, -0.05) is 55.3 Å². The molecule has 55 heavy (non-hydrogen) atoms. The van der Waals surface area contributed by atoms with Gasteiger partial charge < -0.3 is 15.5 Å². The highest BCUT2D eigenvalue weighted by Gasteiger charge is 2.30. The Morgan fingerprint density at radius 2 is 1.44 bits per heavy atom. The molecule has 12 nitrogen and oxygen atoms in total. The van der Waals surface area contributed by atoms with Crippen LogP contribution in [-0.2, 0) is 16.1 Å². The smallest absolute Gasteiger partial charge is 0.234 e. The predicted octanol–water partition coefficient (Wildman–Crippen LogP) is 6.74. The lowest BCUT2D eigenvalue weighted by Gasteiger charge is -2.43. The minimum Gasteiger partial charge on any atom is -0.371 e. The van der Waals surface area contributed by atoms with Gasteiger partial charge in [-0.3, -0.25) is 29.3 Å². The van der Waals surface area contributed by atoms with Gasteiger partial charge in [-0.2, -0.15) is 4.98 Å². The standard InChI is InChI=1S/C43H50N10O2/c54-39-19-18-37(41(55)48-39)31-12-10-30(11-13-31)29-50-24-26-52(27-25-50)35-20-22-51(23-21-35)34-16-14-33(15-17-34)45-42-44-28-38-40(49-42)53(36-8-4-5-9-36)43(47-38)46-32-6-2-1-3-7-32/h1-3,6-7,10-17,28,35-37H,4-5,8-9,18-27,29H2,(H,46,47)(H,44,45,49)(H,48,54,55). The zero-order chi connectivity index (χ0) is 37.1. The van der Waals surface area contributed by atoms with E-state index in [9.17, 15) is 9.59 Å². The van der Waals surface area contributed by atoms with E-state index in [2.05, 4.69) is 101 Å². The van der Waals surface area contributed by atoms with Gasteiger partial charge in [0.25, 0.3) is 0 Å². The van der Waals surface area contributed by atoms with Crippen molar-refractivity contribution in [2.75, 3.05) is 54.8 Å². The number of fused-ring (bicyclic) bond motifs is 1. The number of rotatable bonds is 10. The summed E-state index contributed by atoms with van der Waals surface area (Å²) < 4.78 is 2.28. The molecule has 3 N–H and O–H groups in total. The zero-order valence-corrected chi connectivity index (χ0v) is 31.4. The first-order valence-corrected chi connectivity index (χ1v) is 20.1. The molecular formula is C43H50N10O2. The third kappa shape index (κ3) is 7.92. The number of para-hydroxylation sites is 1. The number of amides is 2. The maximum atomic E-state index is 12.3. The molecule has 1 saturated carbocycles. The van der Waals surface area contributed by atoms with Crippen molar-refractivity contribution in [3.05, 3.63) is 96.2 Å². The molecule has 1 atom stereocenters. The number of hydrogen-bond donors (Lipinski definition) is 3. The lowest BCUT2D eigenvalue weighted by Crippen LogP contribution is -2.53. The summed E-state index contributed by atoms with van der Waals surface area (Å²) >= 11 is 0.